The molecule has 10 heavy (non-hydrogen) atoms. The molecule has 1 N–H and O–H groups in total. The topological polar surface area (TPSA) is 38.3 Å². The van der Waals surface area contributed by atoms with E-state index in [0.29, 0.717) is 6.54 Å². The molecule has 0 aliphatic carbocycles. The Morgan fingerprint density at radius 2 is 2.50 bits per heavy atom. The van der Waals surface area contributed by atoms with Gasteiger partial charge in [0.15, 0.2) is 0 Å². The molecule has 0 aromatic carbocycles. The summed E-state index contributed by atoms with van der Waals surface area (Å²) in [6.07, 6.45) is 4.04. The standard InChI is InChI=1S/C6H10NO2.K/c8-5-7-4-6-2-1-3-9-6;/h6H,1-4H2,(H,7,8);/q-1;+1. The fourth-order valence-electron chi connectivity index (χ4n) is 0.961. The predicted molar refractivity (Wildman–Crippen MR) is 32.7 cm³/mol. The largest absolute Gasteiger partial charge is 1.00 e. The van der Waals surface area contributed by atoms with Gasteiger partial charge in [0.25, 0.3) is 0 Å². The van der Waals surface area contributed by atoms with Crippen molar-refractivity contribution in [2.24, 2.45) is 0 Å². The molecule has 0 aromatic rings. The SMILES string of the molecule is O=[C-]NCC1CCCO1.[K+]. The molecule has 52 valence electrons. The molecule has 4 heteroatoms. The van der Waals surface area contributed by atoms with Gasteiger partial charge in [-0.2, -0.15) is 6.41 Å². The van der Waals surface area contributed by atoms with E-state index in [2.05, 4.69) is 5.32 Å². The van der Waals surface area contributed by atoms with E-state index in [4.69, 9.17) is 4.74 Å². The molecule has 0 aromatic heterocycles. The molecule has 1 aliphatic heterocycles. The monoisotopic (exact) mass is 167 g/mol. The van der Waals surface area contributed by atoms with Gasteiger partial charge in [0.1, 0.15) is 0 Å². The van der Waals surface area contributed by atoms with Crippen LogP contribution < -0.4 is 56.7 Å². The summed E-state index contributed by atoms with van der Waals surface area (Å²) in [6.45, 7) is 1.45. The minimum absolute atomic E-state index is 0. The van der Waals surface area contributed by atoms with Crippen LogP contribution in [0.25, 0.3) is 0 Å². The van der Waals surface area contributed by atoms with Gasteiger partial charge in [-0.15, -0.1) is 0 Å². The maximum absolute atomic E-state index is 9.67. The third-order valence-electron chi connectivity index (χ3n) is 1.43. The molecule has 0 spiro atoms. The molecule has 1 unspecified atom stereocenters. The van der Waals surface area contributed by atoms with Gasteiger partial charge < -0.3 is 14.8 Å². The number of rotatable bonds is 3. The van der Waals surface area contributed by atoms with Gasteiger partial charge in [-0.3, -0.25) is 0 Å². The van der Waals surface area contributed by atoms with Gasteiger partial charge in [-0.1, -0.05) is 0 Å². The molecule has 1 rings (SSSR count). The second-order valence-corrected chi connectivity index (χ2v) is 2.12. The van der Waals surface area contributed by atoms with Crippen molar-refractivity contribution in [1.29, 1.82) is 0 Å². The second kappa shape index (κ2) is 6.76. The van der Waals surface area contributed by atoms with Gasteiger partial charge >= 0.3 is 51.4 Å². The minimum atomic E-state index is 0. The van der Waals surface area contributed by atoms with Gasteiger partial charge in [-0.25, -0.2) is 0 Å². The Bertz CT molecular complexity index is 93.7. The number of nitrogens with one attached hydrogen (secondary N) is 1. The van der Waals surface area contributed by atoms with Crippen molar-refractivity contribution in [3.63, 3.8) is 0 Å². The first kappa shape index (κ1) is 11.1. The molecule has 1 heterocycles. The molecule has 0 radical (unpaired) electrons. The summed E-state index contributed by atoms with van der Waals surface area (Å²) < 4.78 is 5.21. The van der Waals surface area contributed by atoms with E-state index in [-0.39, 0.29) is 57.5 Å². The first-order chi connectivity index (χ1) is 4.43. The number of hydrogen-bond donors (Lipinski definition) is 1. The molecule has 1 fully saturated rings. The zero-order valence-corrected chi connectivity index (χ0v) is 9.35. The Morgan fingerprint density at radius 1 is 1.70 bits per heavy atom. The minimum Gasteiger partial charge on any atom is -0.528 e. The molecule has 1 amide bonds. The zero-order chi connectivity index (χ0) is 6.53. The van der Waals surface area contributed by atoms with Crippen LogP contribution in [0.15, 0.2) is 0 Å². The van der Waals surface area contributed by atoms with Crippen molar-refractivity contribution in [3.8, 4) is 0 Å². The average Bonchev–Trinajstić information content (AvgIpc) is 2.34. The molecule has 1 aliphatic rings. The molecule has 1 atom stereocenters. The Balaban J connectivity index is 0.000000810. The van der Waals surface area contributed by atoms with E-state index in [1.807, 2.05) is 0 Å². The summed E-state index contributed by atoms with van der Waals surface area (Å²) in [5.41, 5.74) is 0. The summed E-state index contributed by atoms with van der Waals surface area (Å²) in [6, 6.07) is 0. The van der Waals surface area contributed by atoms with Crippen LogP contribution in [0, 0.1) is 0 Å². The van der Waals surface area contributed by atoms with Gasteiger partial charge in [0.2, 0.25) is 0 Å². The van der Waals surface area contributed by atoms with Crippen LogP contribution in [0.4, 0.5) is 0 Å². The van der Waals surface area contributed by atoms with Crippen molar-refractivity contribution in [1.82, 2.24) is 5.32 Å². The van der Waals surface area contributed by atoms with Crippen molar-refractivity contribution in [2.75, 3.05) is 13.2 Å². The fraction of sp³-hybridized carbons (Fsp3) is 0.833. The van der Waals surface area contributed by atoms with E-state index >= 15 is 0 Å². The van der Waals surface area contributed by atoms with Crippen LogP contribution in [0.1, 0.15) is 12.8 Å². The summed E-state index contributed by atoms with van der Waals surface area (Å²) in [5, 5.41) is 2.46. The third kappa shape index (κ3) is 4.05. The van der Waals surface area contributed by atoms with Crippen LogP contribution >= 0.6 is 0 Å². The third-order valence-corrected chi connectivity index (χ3v) is 1.43. The summed E-state index contributed by atoms with van der Waals surface area (Å²) in [7, 11) is 0. The Kier molecular flexibility index (Phi) is 7.48. The van der Waals surface area contributed by atoms with Gasteiger partial charge in [0, 0.05) is 13.2 Å². The first-order valence-corrected chi connectivity index (χ1v) is 3.15. The molecule has 0 saturated carbocycles. The Morgan fingerprint density at radius 3 is 3.00 bits per heavy atom. The maximum Gasteiger partial charge on any atom is 1.00 e. The van der Waals surface area contributed by atoms with E-state index in [0.717, 1.165) is 19.4 Å². The van der Waals surface area contributed by atoms with Crippen LogP contribution in [-0.2, 0) is 9.53 Å². The van der Waals surface area contributed by atoms with E-state index in [9.17, 15) is 4.79 Å². The van der Waals surface area contributed by atoms with Crippen molar-refractivity contribution in [3.05, 3.63) is 0 Å². The summed E-state index contributed by atoms with van der Waals surface area (Å²) in [4.78, 5) is 9.67. The predicted octanol–water partition coefficient (Wildman–Crippen LogP) is -3.17. The van der Waals surface area contributed by atoms with Gasteiger partial charge in [-0.05, 0) is 12.8 Å². The van der Waals surface area contributed by atoms with Crippen LogP contribution in [0.2, 0.25) is 0 Å². The first-order valence-electron chi connectivity index (χ1n) is 3.15. The average molecular weight is 167 g/mol. The normalized spacial score (nSPS) is 23.4. The molecular formula is C6H10KNO2. The number of amides is 1. The maximum atomic E-state index is 9.67. The van der Waals surface area contributed by atoms with Crippen LogP contribution in [0.3, 0.4) is 0 Å². The number of carbonyl (C=O) groups excluding carboxylic acids is 1. The zero-order valence-electron chi connectivity index (χ0n) is 6.22. The van der Waals surface area contributed by atoms with E-state index < -0.39 is 0 Å². The number of hydrogen-bond acceptors (Lipinski definition) is 2. The van der Waals surface area contributed by atoms with Crippen molar-refractivity contribution in [2.45, 2.75) is 18.9 Å². The fourth-order valence-corrected chi connectivity index (χ4v) is 0.961. The van der Waals surface area contributed by atoms with Crippen molar-refractivity contribution >= 4 is 6.41 Å². The Hall–Kier alpha value is 1.07. The summed E-state index contributed by atoms with van der Waals surface area (Å²) in [5.74, 6) is 0. The number of ether oxygens (including phenoxy) is 1. The molecule has 1 saturated heterocycles. The van der Waals surface area contributed by atoms with Crippen LogP contribution in [-0.4, -0.2) is 25.7 Å². The van der Waals surface area contributed by atoms with Crippen LogP contribution in [0.5, 0.6) is 0 Å². The molecule has 3 nitrogen and oxygen atoms in total. The molecular weight excluding hydrogens is 157 g/mol. The van der Waals surface area contributed by atoms with Crippen molar-refractivity contribution < 1.29 is 60.9 Å². The second-order valence-electron chi connectivity index (χ2n) is 2.12. The van der Waals surface area contributed by atoms with E-state index in [1.54, 1.807) is 6.41 Å². The van der Waals surface area contributed by atoms with Gasteiger partial charge in [0.05, 0.1) is 6.10 Å². The quantitative estimate of drug-likeness (QED) is 0.273. The van der Waals surface area contributed by atoms with E-state index in [1.165, 1.54) is 0 Å². The molecule has 0 bridgehead atoms. The smallest absolute Gasteiger partial charge is 0.528 e. The Labute approximate surface area is 103 Å². The summed E-state index contributed by atoms with van der Waals surface area (Å²) >= 11 is 0.